The summed E-state index contributed by atoms with van der Waals surface area (Å²) in [5.41, 5.74) is 3.31. The number of rotatable bonds is 6. The van der Waals surface area contributed by atoms with Gasteiger partial charge in [-0.3, -0.25) is 4.79 Å². The van der Waals surface area contributed by atoms with Crippen molar-refractivity contribution in [2.75, 3.05) is 7.11 Å². The Bertz CT molecular complexity index is 624. The van der Waals surface area contributed by atoms with Gasteiger partial charge in [0.2, 0.25) is 0 Å². The van der Waals surface area contributed by atoms with Crippen molar-refractivity contribution in [2.24, 2.45) is 5.10 Å². The Kier molecular flexibility index (Phi) is 5.54. The van der Waals surface area contributed by atoms with Crippen molar-refractivity contribution in [1.82, 2.24) is 5.43 Å². The highest BCUT2D eigenvalue weighted by atomic mass is 16.5. The Morgan fingerprint density at radius 2 is 1.77 bits per heavy atom. The van der Waals surface area contributed by atoms with Gasteiger partial charge < -0.3 is 9.47 Å². The molecule has 1 atom stereocenters. The standard InChI is InChI=1S/C17H18N2O3/c1-13(22-16-6-4-3-5-7-16)17(20)19-18-12-14-8-10-15(21-2)11-9-14/h3-13H,1-2H3,(H,19,20)/b18-12-/t13-/m1/s1. The van der Waals surface area contributed by atoms with E-state index in [9.17, 15) is 4.79 Å². The van der Waals surface area contributed by atoms with E-state index in [1.807, 2.05) is 42.5 Å². The van der Waals surface area contributed by atoms with Gasteiger partial charge in [0.25, 0.3) is 5.91 Å². The third-order valence-electron chi connectivity index (χ3n) is 2.93. The summed E-state index contributed by atoms with van der Waals surface area (Å²) in [7, 11) is 1.61. The zero-order chi connectivity index (χ0) is 15.8. The van der Waals surface area contributed by atoms with Gasteiger partial charge in [-0.15, -0.1) is 0 Å². The number of methoxy groups -OCH3 is 1. The summed E-state index contributed by atoms with van der Waals surface area (Å²) >= 11 is 0. The van der Waals surface area contributed by atoms with Crippen molar-refractivity contribution in [1.29, 1.82) is 0 Å². The van der Waals surface area contributed by atoms with Crippen LogP contribution in [0.1, 0.15) is 12.5 Å². The van der Waals surface area contributed by atoms with Gasteiger partial charge in [-0.2, -0.15) is 5.10 Å². The van der Waals surface area contributed by atoms with E-state index < -0.39 is 6.10 Å². The number of hydrogen-bond donors (Lipinski definition) is 1. The fraction of sp³-hybridized carbons (Fsp3) is 0.176. The van der Waals surface area contributed by atoms with Crippen LogP contribution in [0, 0.1) is 0 Å². The molecule has 1 N–H and O–H groups in total. The van der Waals surface area contributed by atoms with Crippen LogP contribution in [-0.4, -0.2) is 25.3 Å². The third kappa shape index (κ3) is 4.63. The first-order chi connectivity index (χ1) is 10.7. The number of benzene rings is 2. The fourth-order valence-corrected chi connectivity index (χ4v) is 1.71. The van der Waals surface area contributed by atoms with Crippen molar-refractivity contribution >= 4 is 12.1 Å². The van der Waals surface area contributed by atoms with Gasteiger partial charge >= 0.3 is 0 Å². The van der Waals surface area contributed by atoms with Crippen LogP contribution in [-0.2, 0) is 4.79 Å². The minimum Gasteiger partial charge on any atom is -0.497 e. The maximum atomic E-state index is 11.9. The van der Waals surface area contributed by atoms with Crippen molar-refractivity contribution in [2.45, 2.75) is 13.0 Å². The van der Waals surface area contributed by atoms with E-state index in [0.29, 0.717) is 5.75 Å². The number of amides is 1. The molecule has 5 nitrogen and oxygen atoms in total. The second-order valence-corrected chi connectivity index (χ2v) is 4.58. The Balaban J connectivity index is 1.84. The van der Waals surface area contributed by atoms with Crippen LogP contribution < -0.4 is 14.9 Å². The molecule has 0 aromatic heterocycles. The van der Waals surface area contributed by atoms with E-state index in [2.05, 4.69) is 10.5 Å². The summed E-state index contributed by atoms with van der Waals surface area (Å²) in [6.07, 6.45) is 0.933. The molecule has 2 aromatic carbocycles. The van der Waals surface area contributed by atoms with Crippen LogP contribution in [0.25, 0.3) is 0 Å². The molecule has 0 saturated heterocycles. The number of carbonyl (C=O) groups is 1. The summed E-state index contributed by atoms with van der Waals surface area (Å²) < 4.78 is 10.6. The van der Waals surface area contributed by atoms with E-state index in [1.165, 1.54) is 0 Å². The molecule has 0 heterocycles. The average Bonchev–Trinajstić information content (AvgIpc) is 2.56. The van der Waals surface area contributed by atoms with Gasteiger partial charge in [-0.25, -0.2) is 5.43 Å². The normalized spacial score (nSPS) is 11.9. The number of nitrogens with one attached hydrogen (secondary N) is 1. The van der Waals surface area contributed by atoms with Gasteiger partial charge in [-0.05, 0) is 48.9 Å². The second kappa shape index (κ2) is 7.83. The molecule has 5 heteroatoms. The number of carbonyl (C=O) groups excluding carboxylic acids is 1. The summed E-state index contributed by atoms with van der Waals surface area (Å²) in [5.74, 6) is 1.10. The molecule has 22 heavy (non-hydrogen) atoms. The molecule has 114 valence electrons. The van der Waals surface area contributed by atoms with E-state index in [4.69, 9.17) is 9.47 Å². The molecule has 1 amide bonds. The van der Waals surface area contributed by atoms with Gasteiger partial charge in [0.05, 0.1) is 13.3 Å². The van der Waals surface area contributed by atoms with E-state index >= 15 is 0 Å². The lowest BCUT2D eigenvalue weighted by Crippen LogP contribution is -2.33. The van der Waals surface area contributed by atoms with Crippen molar-refractivity contribution in [3.8, 4) is 11.5 Å². The molecule has 2 rings (SSSR count). The van der Waals surface area contributed by atoms with Crippen molar-refractivity contribution in [3.05, 3.63) is 60.2 Å². The first kappa shape index (κ1) is 15.6. The van der Waals surface area contributed by atoms with E-state index in [0.717, 1.165) is 11.3 Å². The number of hydrogen-bond acceptors (Lipinski definition) is 4. The first-order valence-electron chi connectivity index (χ1n) is 6.87. The lowest BCUT2D eigenvalue weighted by atomic mass is 10.2. The predicted octanol–water partition coefficient (Wildman–Crippen LogP) is 2.61. The highest BCUT2D eigenvalue weighted by Crippen LogP contribution is 2.11. The third-order valence-corrected chi connectivity index (χ3v) is 2.93. The fourth-order valence-electron chi connectivity index (χ4n) is 1.71. The van der Waals surface area contributed by atoms with Crippen LogP contribution in [0.5, 0.6) is 11.5 Å². The minimum atomic E-state index is -0.629. The largest absolute Gasteiger partial charge is 0.497 e. The highest BCUT2D eigenvalue weighted by Gasteiger charge is 2.13. The van der Waals surface area contributed by atoms with E-state index in [-0.39, 0.29) is 5.91 Å². The summed E-state index contributed by atoms with van der Waals surface area (Å²) in [6, 6.07) is 16.5. The monoisotopic (exact) mass is 298 g/mol. The maximum Gasteiger partial charge on any atom is 0.280 e. The van der Waals surface area contributed by atoms with E-state index in [1.54, 1.807) is 32.4 Å². The molecule has 0 spiro atoms. The lowest BCUT2D eigenvalue weighted by Gasteiger charge is -2.12. The number of hydrazone groups is 1. The predicted molar refractivity (Wildman–Crippen MR) is 85.3 cm³/mol. The maximum absolute atomic E-state index is 11.9. The molecule has 0 saturated carbocycles. The number of para-hydroxylation sites is 1. The zero-order valence-corrected chi connectivity index (χ0v) is 12.5. The van der Waals surface area contributed by atoms with Gasteiger partial charge in [0.1, 0.15) is 11.5 Å². The molecule has 0 unspecified atom stereocenters. The summed E-state index contributed by atoms with van der Waals surface area (Å²) in [4.78, 5) is 11.9. The highest BCUT2D eigenvalue weighted by molar-refractivity contribution is 5.84. The number of ether oxygens (including phenoxy) is 2. The van der Waals surface area contributed by atoms with Crippen LogP contribution in [0.15, 0.2) is 59.7 Å². The molecule has 0 aliphatic carbocycles. The van der Waals surface area contributed by atoms with Gasteiger partial charge in [-0.1, -0.05) is 18.2 Å². The minimum absolute atomic E-state index is 0.311. The molecule has 0 bridgehead atoms. The molecule has 0 fully saturated rings. The van der Waals surface area contributed by atoms with Crippen LogP contribution in [0.3, 0.4) is 0 Å². The Morgan fingerprint density at radius 3 is 2.41 bits per heavy atom. The van der Waals surface area contributed by atoms with Crippen LogP contribution in [0.2, 0.25) is 0 Å². The molecule has 0 aliphatic rings. The molecular weight excluding hydrogens is 280 g/mol. The summed E-state index contributed by atoms with van der Waals surface area (Å²) in [6.45, 7) is 1.67. The quantitative estimate of drug-likeness (QED) is 0.659. The Morgan fingerprint density at radius 1 is 1.09 bits per heavy atom. The first-order valence-corrected chi connectivity index (χ1v) is 6.87. The molecular formula is C17H18N2O3. The Hall–Kier alpha value is -2.82. The average molecular weight is 298 g/mol. The SMILES string of the molecule is COc1ccc(/C=N\NC(=O)[C@@H](C)Oc2ccccc2)cc1. The molecule has 0 radical (unpaired) electrons. The Labute approximate surface area is 129 Å². The topological polar surface area (TPSA) is 59.9 Å². The second-order valence-electron chi connectivity index (χ2n) is 4.58. The summed E-state index contributed by atoms with van der Waals surface area (Å²) in [5, 5.41) is 3.91. The zero-order valence-electron chi connectivity index (χ0n) is 12.5. The van der Waals surface area contributed by atoms with Gasteiger partial charge in [0, 0.05) is 0 Å². The van der Waals surface area contributed by atoms with Crippen LogP contribution in [0.4, 0.5) is 0 Å². The molecule has 0 aliphatic heterocycles. The van der Waals surface area contributed by atoms with Crippen molar-refractivity contribution < 1.29 is 14.3 Å². The van der Waals surface area contributed by atoms with Gasteiger partial charge in [0.15, 0.2) is 6.10 Å². The van der Waals surface area contributed by atoms with Crippen LogP contribution >= 0.6 is 0 Å². The molecule has 2 aromatic rings. The van der Waals surface area contributed by atoms with Crippen molar-refractivity contribution in [3.63, 3.8) is 0 Å². The smallest absolute Gasteiger partial charge is 0.280 e. The number of nitrogens with zero attached hydrogens (tertiary/aromatic N) is 1. The lowest BCUT2D eigenvalue weighted by molar-refractivity contribution is -0.127.